The maximum Gasteiger partial charge on any atom is 0.404 e. The number of hydrogen-bond donors (Lipinski definition) is 2. The fourth-order valence-corrected chi connectivity index (χ4v) is 2.46. The Morgan fingerprint density at radius 3 is 3.00 bits per heavy atom. The molecule has 2 heterocycles. The number of pyridine rings is 1. The zero-order chi connectivity index (χ0) is 15.4. The predicted molar refractivity (Wildman–Crippen MR) is 72.0 cm³/mol. The second-order valence-corrected chi connectivity index (χ2v) is 4.66. The van der Waals surface area contributed by atoms with Crippen LogP contribution in [0.1, 0.15) is 18.4 Å². The first-order valence-corrected chi connectivity index (χ1v) is 6.30. The van der Waals surface area contributed by atoms with Crippen LogP contribution in [0.3, 0.4) is 0 Å². The van der Waals surface area contributed by atoms with Crippen LogP contribution in [0.25, 0.3) is 0 Å². The topological polar surface area (TPSA) is 132 Å². The molecule has 1 aliphatic rings. The van der Waals surface area contributed by atoms with Gasteiger partial charge in [-0.3, -0.25) is 15.1 Å². The Labute approximate surface area is 120 Å². The quantitative estimate of drug-likeness (QED) is 0.629. The van der Waals surface area contributed by atoms with Crippen LogP contribution in [0, 0.1) is 21.4 Å². The van der Waals surface area contributed by atoms with Gasteiger partial charge in [0, 0.05) is 25.3 Å². The number of hydrogen-bond acceptors (Lipinski definition) is 6. The fraction of sp³-hybridized carbons (Fsp3) is 0.417. The third-order valence-corrected chi connectivity index (χ3v) is 3.28. The first-order chi connectivity index (χ1) is 10.0. The second-order valence-electron chi connectivity index (χ2n) is 4.66. The summed E-state index contributed by atoms with van der Waals surface area (Å²) in [6.45, 7) is 0.809. The number of rotatable bonds is 3. The SMILES string of the molecule is N#Cc1cncc([N+](=O)[O-])c1N1CCC[C@H](NC(=O)O)C1. The summed E-state index contributed by atoms with van der Waals surface area (Å²) in [7, 11) is 0. The minimum absolute atomic E-state index is 0.111. The first kappa shape index (κ1) is 14.5. The van der Waals surface area contributed by atoms with E-state index in [0.29, 0.717) is 19.4 Å². The molecular formula is C12H13N5O4. The van der Waals surface area contributed by atoms with E-state index < -0.39 is 11.0 Å². The van der Waals surface area contributed by atoms with Gasteiger partial charge in [0.2, 0.25) is 0 Å². The molecule has 0 bridgehead atoms. The van der Waals surface area contributed by atoms with Crippen molar-refractivity contribution in [3.63, 3.8) is 0 Å². The van der Waals surface area contributed by atoms with Crippen molar-refractivity contribution in [2.45, 2.75) is 18.9 Å². The lowest BCUT2D eigenvalue weighted by molar-refractivity contribution is -0.384. The maximum absolute atomic E-state index is 11.1. The molecule has 1 aromatic rings. The van der Waals surface area contributed by atoms with Crippen molar-refractivity contribution in [2.24, 2.45) is 0 Å². The van der Waals surface area contributed by atoms with Gasteiger partial charge in [-0.05, 0) is 12.8 Å². The highest BCUT2D eigenvalue weighted by Crippen LogP contribution is 2.32. The molecule has 2 rings (SSSR count). The minimum Gasteiger partial charge on any atom is -0.465 e. The summed E-state index contributed by atoms with van der Waals surface area (Å²) in [4.78, 5) is 26.6. The van der Waals surface area contributed by atoms with Crippen molar-refractivity contribution in [1.29, 1.82) is 5.26 Å². The van der Waals surface area contributed by atoms with Gasteiger partial charge in [-0.1, -0.05) is 0 Å². The van der Waals surface area contributed by atoms with Crippen LogP contribution in [0.2, 0.25) is 0 Å². The first-order valence-electron chi connectivity index (χ1n) is 6.30. The predicted octanol–water partition coefficient (Wildman–Crippen LogP) is 1.10. The molecule has 0 saturated carbocycles. The van der Waals surface area contributed by atoms with E-state index >= 15 is 0 Å². The lowest BCUT2D eigenvalue weighted by Crippen LogP contribution is -2.47. The van der Waals surface area contributed by atoms with Crippen molar-refractivity contribution in [2.75, 3.05) is 18.0 Å². The number of piperidine rings is 1. The van der Waals surface area contributed by atoms with Gasteiger partial charge in [-0.15, -0.1) is 0 Å². The number of carboxylic acid groups (broad SMARTS) is 1. The summed E-state index contributed by atoms with van der Waals surface area (Å²) >= 11 is 0. The molecule has 1 aromatic heterocycles. The van der Waals surface area contributed by atoms with E-state index in [0.717, 1.165) is 6.20 Å². The zero-order valence-electron chi connectivity index (χ0n) is 11.0. The number of amides is 1. The lowest BCUT2D eigenvalue weighted by Gasteiger charge is -2.34. The van der Waals surface area contributed by atoms with Gasteiger partial charge >= 0.3 is 11.8 Å². The van der Waals surface area contributed by atoms with Crippen molar-refractivity contribution in [3.8, 4) is 6.07 Å². The highest BCUT2D eigenvalue weighted by molar-refractivity contribution is 5.71. The third-order valence-electron chi connectivity index (χ3n) is 3.28. The Morgan fingerprint density at radius 2 is 2.38 bits per heavy atom. The number of nitrogens with one attached hydrogen (secondary N) is 1. The standard InChI is InChI=1S/C12H13N5O4/c13-4-8-5-14-6-10(17(20)21)11(8)16-3-1-2-9(7-16)15-12(18)19/h5-6,9,15H,1-3,7H2,(H,18,19)/t9-/m0/s1. The van der Waals surface area contributed by atoms with E-state index in [1.165, 1.54) is 6.20 Å². The Kier molecular flexibility index (Phi) is 4.18. The van der Waals surface area contributed by atoms with Crippen LogP contribution in [0.15, 0.2) is 12.4 Å². The van der Waals surface area contributed by atoms with Gasteiger partial charge in [0.1, 0.15) is 23.5 Å². The Hall–Kier alpha value is -2.89. The Balaban J connectivity index is 2.34. The highest BCUT2D eigenvalue weighted by Gasteiger charge is 2.29. The number of nitrogens with zero attached hydrogens (tertiary/aromatic N) is 4. The number of nitro groups is 1. The second kappa shape index (κ2) is 6.04. The van der Waals surface area contributed by atoms with Crippen molar-refractivity contribution in [3.05, 3.63) is 28.1 Å². The summed E-state index contributed by atoms with van der Waals surface area (Å²) < 4.78 is 0. The minimum atomic E-state index is -1.13. The molecule has 1 fully saturated rings. The molecule has 21 heavy (non-hydrogen) atoms. The normalized spacial score (nSPS) is 17.9. The van der Waals surface area contributed by atoms with Crippen LogP contribution in [0.5, 0.6) is 0 Å². The van der Waals surface area contributed by atoms with Gasteiger partial charge < -0.3 is 15.3 Å². The van der Waals surface area contributed by atoms with E-state index in [-0.39, 0.29) is 29.5 Å². The Morgan fingerprint density at radius 1 is 1.62 bits per heavy atom. The summed E-state index contributed by atoms with van der Waals surface area (Å²) in [5.74, 6) is 0. The van der Waals surface area contributed by atoms with E-state index in [4.69, 9.17) is 10.4 Å². The van der Waals surface area contributed by atoms with Crippen LogP contribution in [-0.2, 0) is 0 Å². The number of anilines is 1. The molecule has 0 aromatic carbocycles. The van der Waals surface area contributed by atoms with Gasteiger partial charge in [0.15, 0.2) is 0 Å². The molecule has 2 N–H and O–H groups in total. The summed E-state index contributed by atoms with van der Waals surface area (Å²) in [5, 5.41) is 31.4. The van der Waals surface area contributed by atoms with Gasteiger partial charge in [-0.25, -0.2) is 4.79 Å². The van der Waals surface area contributed by atoms with Crippen molar-refractivity contribution in [1.82, 2.24) is 10.3 Å². The van der Waals surface area contributed by atoms with Crippen molar-refractivity contribution < 1.29 is 14.8 Å². The van der Waals surface area contributed by atoms with E-state index in [2.05, 4.69) is 10.3 Å². The van der Waals surface area contributed by atoms with Gasteiger partial charge in [0.05, 0.1) is 4.92 Å². The molecular weight excluding hydrogens is 278 g/mol. The summed E-state index contributed by atoms with van der Waals surface area (Å²) in [6.07, 6.45) is 2.58. The molecule has 9 nitrogen and oxygen atoms in total. The molecule has 1 aliphatic heterocycles. The molecule has 110 valence electrons. The largest absolute Gasteiger partial charge is 0.465 e. The highest BCUT2D eigenvalue weighted by atomic mass is 16.6. The molecule has 1 amide bonds. The zero-order valence-corrected chi connectivity index (χ0v) is 11.0. The molecule has 0 radical (unpaired) electrons. The number of nitriles is 1. The van der Waals surface area contributed by atoms with Crippen LogP contribution < -0.4 is 10.2 Å². The summed E-state index contributed by atoms with van der Waals surface area (Å²) in [6, 6.07) is 1.57. The Bertz CT molecular complexity index is 612. The third kappa shape index (κ3) is 3.17. The maximum atomic E-state index is 11.1. The number of aromatic nitrogens is 1. The van der Waals surface area contributed by atoms with Gasteiger partial charge in [0.25, 0.3) is 0 Å². The van der Waals surface area contributed by atoms with E-state index in [1.807, 2.05) is 6.07 Å². The monoisotopic (exact) mass is 291 g/mol. The summed E-state index contributed by atoms with van der Waals surface area (Å²) in [5.41, 5.74) is 0.0691. The number of carbonyl (C=O) groups is 1. The molecule has 1 atom stereocenters. The van der Waals surface area contributed by atoms with Crippen LogP contribution >= 0.6 is 0 Å². The average molecular weight is 291 g/mol. The smallest absolute Gasteiger partial charge is 0.404 e. The van der Waals surface area contributed by atoms with Crippen LogP contribution in [0.4, 0.5) is 16.2 Å². The van der Waals surface area contributed by atoms with Crippen molar-refractivity contribution >= 4 is 17.5 Å². The average Bonchev–Trinajstić information content (AvgIpc) is 2.45. The van der Waals surface area contributed by atoms with E-state index in [9.17, 15) is 14.9 Å². The molecule has 0 unspecified atom stereocenters. The fourth-order valence-electron chi connectivity index (χ4n) is 2.46. The van der Waals surface area contributed by atoms with Gasteiger partial charge in [-0.2, -0.15) is 5.26 Å². The molecule has 9 heteroatoms. The molecule has 0 aliphatic carbocycles. The molecule has 0 spiro atoms. The van der Waals surface area contributed by atoms with Crippen LogP contribution in [-0.4, -0.2) is 40.2 Å². The van der Waals surface area contributed by atoms with E-state index in [1.54, 1.807) is 4.90 Å². The lowest BCUT2D eigenvalue weighted by atomic mass is 10.0. The molecule has 1 saturated heterocycles.